The summed E-state index contributed by atoms with van der Waals surface area (Å²) in [7, 11) is 0. The average Bonchev–Trinajstić information content (AvgIpc) is 2.42. The smallest absolute Gasteiger partial charge is 0.243 e. The van der Waals surface area contributed by atoms with Gasteiger partial charge in [0.05, 0.1) is 16.6 Å². The fourth-order valence-electron chi connectivity index (χ4n) is 1.12. The molecule has 0 fully saturated rings. The second-order valence-electron chi connectivity index (χ2n) is 2.78. The molecule has 2 heterocycles. The minimum absolute atomic E-state index is 0.271. The average molecular weight is 218 g/mol. The first-order valence-corrected chi connectivity index (χ1v) is 4.61. The molecule has 0 saturated carbocycles. The van der Waals surface area contributed by atoms with E-state index in [1.165, 1.54) is 18.6 Å². The van der Waals surface area contributed by atoms with Crippen LogP contribution >= 0.6 is 11.3 Å². The highest BCUT2D eigenvalue weighted by atomic mass is 32.1. The maximum absolute atomic E-state index is 12.0. The van der Waals surface area contributed by atoms with Gasteiger partial charge in [0.15, 0.2) is 0 Å². The Kier molecular flexibility index (Phi) is 2.14. The first-order chi connectivity index (χ1) is 6.54. The zero-order chi connectivity index (χ0) is 10.2. The second kappa shape index (κ2) is 3.20. The Labute approximate surface area is 81.4 Å². The van der Waals surface area contributed by atoms with E-state index >= 15 is 0 Å². The summed E-state index contributed by atoms with van der Waals surface area (Å²) in [6.07, 6.45) is -2.21. The van der Waals surface area contributed by atoms with Gasteiger partial charge >= 0.3 is 6.18 Å². The molecule has 0 aliphatic heterocycles. The van der Waals surface area contributed by atoms with Gasteiger partial charge in [0.25, 0.3) is 0 Å². The molecule has 0 N–H and O–H groups in total. The van der Waals surface area contributed by atoms with Crippen molar-refractivity contribution in [2.24, 2.45) is 0 Å². The molecule has 14 heavy (non-hydrogen) atoms. The number of hydrogen-bond acceptors (Lipinski definition) is 3. The fourth-order valence-corrected chi connectivity index (χ4v) is 2.14. The van der Waals surface area contributed by atoms with Crippen molar-refractivity contribution < 1.29 is 13.2 Å². The van der Waals surface area contributed by atoms with E-state index in [-0.39, 0.29) is 4.88 Å². The topological polar surface area (TPSA) is 25.8 Å². The lowest BCUT2D eigenvalue weighted by Gasteiger charge is -2.01. The van der Waals surface area contributed by atoms with Crippen molar-refractivity contribution in [2.45, 2.75) is 12.6 Å². The van der Waals surface area contributed by atoms with Crippen LogP contribution in [0.5, 0.6) is 0 Å². The zero-order valence-corrected chi connectivity index (χ0v) is 7.69. The Hall–Kier alpha value is -1.17. The minimum Gasteiger partial charge on any atom is -0.243 e. The molecule has 2 aromatic rings. The van der Waals surface area contributed by atoms with Crippen molar-refractivity contribution in [3.63, 3.8) is 0 Å². The summed E-state index contributed by atoms with van der Waals surface area (Å²) in [5.41, 5.74) is 0.573. The van der Waals surface area contributed by atoms with E-state index in [1.54, 1.807) is 0 Å². The van der Waals surface area contributed by atoms with Crippen molar-refractivity contribution in [1.29, 1.82) is 0 Å². The predicted octanol–water partition coefficient (Wildman–Crippen LogP) is 2.80. The van der Waals surface area contributed by atoms with Gasteiger partial charge in [-0.3, -0.25) is 0 Å². The number of rotatable bonds is 1. The molecular formula is C8H5F3N2S. The fraction of sp³-hybridized carbons (Fsp3) is 0.250. The Morgan fingerprint density at radius 3 is 2.79 bits per heavy atom. The molecule has 0 spiro atoms. The third-order valence-corrected chi connectivity index (χ3v) is 2.68. The molecule has 6 heteroatoms. The minimum atomic E-state index is -4.16. The van der Waals surface area contributed by atoms with Crippen molar-refractivity contribution >= 4 is 21.6 Å². The third kappa shape index (κ3) is 2.01. The largest absolute Gasteiger partial charge is 0.393 e. The molecule has 0 aliphatic carbocycles. The highest BCUT2D eigenvalue weighted by Crippen LogP contribution is 2.29. The summed E-state index contributed by atoms with van der Waals surface area (Å²) >= 11 is 1.08. The van der Waals surface area contributed by atoms with Gasteiger partial charge in [-0.25, -0.2) is 9.97 Å². The molecule has 0 aromatic carbocycles. The van der Waals surface area contributed by atoms with E-state index in [9.17, 15) is 13.2 Å². The van der Waals surface area contributed by atoms with Crippen LogP contribution in [0.1, 0.15) is 4.88 Å². The van der Waals surface area contributed by atoms with Gasteiger partial charge in [-0.1, -0.05) is 0 Å². The second-order valence-corrected chi connectivity index (χ2v) is 3.95. The van der Waals surface area contributed by atoms with E-state index in [0.29, 0.717) is 10.2 Å². The van der Waals surface area contributed by atoms with Gasteiger partial charge < -0.3 is 0 Å². The van der Waals surface area contributed by atoms with Gasteiger partial charge in [-0.05, 0) is 6.07 Å². The number of nitrogens with zero attached hydrogens (tertiary/aromatic N) is 2. The first-order valence-electron chi connectivity index (χ1n) is 3.80. The SMILES string of the molecule is FC(F)(F)Cc1cc2ncncc2s1. The summed E-state index contributed by atoms with van der Waals surface area (Å²) in [4.78, 5) is 7.88. The molecule has 0 unspecified atom stereocenters. The lowest BCUT2D eigenvalue weighted by molar-refractivity contribution is -0.126. The lowest BCUT2D eigenvalue weighted by Crippen LogP contribution is -2.09. The normalized spacial score (nSPS) is 12.2. The van der Waals surface area contributed by atoms with Crippen molar-refractivity contribution in [3.8, 4) is 0 Å². The number of thiophene rings is 1. The summed E-state index contributed by atoms with van der Waals surface area (Å²) in [5.74, 6) is 0. The van der Waals surface area contributed by atoms with E-state index in [4.69, 9.17) is 0 Å². The number of aromatic nitrogens is 2. The van der Waals surface area contributed by atoms with Crippen LogP contribution in [0.15, 0.2) is 18.6 Å². The molecule has 2 aromatic heterocycles. The van der Waals surface area contributed by atoms with Gasteiger partial charge in [0.2, 0.25) is 0 Å². The first kappa shape index (κ1) is 9.39. The van der Waals surface area contributed by atoms with Crippen LogP contribution in [0.2, 0.25) is 0 Å². The molecule has 0 bridgehead atoms. The van der Waals surface area contributed by atoms with Crippen LogP contribution < -0.4 is 0 Å². The Balaban J connectivity index is 2.36. The van der Waals surface area contributed by atoms with Crippen molar-refractivity contribution in [1.82, 2.24) is 9.97 Å². The van der Waals surface area contributed by atoms with Gasteiger partial charge in [0, 0.05) is 11.1 Å². The van der Waals surface area contributed by atoms with Crippen molar-refractivity contribution in [2.75, 3.05) is 0 Å². The van der Waals surface area contributed by atoms with Gasteiger partial charge in [-0.15, -0.1) is 11.3 Å². The van der Waals surface area contributed by atoms with Crippen LogP contribution in [-0.4, -0.2) is 16.1 Å². The zero-order valence-electron chi connectivity index (χ0n) is 6.88. The van der Waals surface area contributed by atoms with Crippen molar-refractivity contribution in [3.05, 3.63) is 23.5 Å². The summed E-state index contributed by atoms with van der Waals surface area (Å²) in [6.45, 7) is 0. The lowest BCUT2D eigenvalue weighted by atomic mass is 10.3. The number of halogens is 3. The van der Waals surface area contributed by atoms with Gasteiger partial charge in [0.1, 0.15) is 6.33 Å². The van der Waals surface area contributed by atoms with E-state index in [0.717, 1.165) is 11.3 Å². The molecule has 0 saturated heterocycles. The van der Waals surface area contributed by atoms with E-state index in [2.05, 4.69) is 9.97 Å². The maximum atomic E-state index is 12.0. The molecule has 74 valence electrons. The Morgan fingerprint density at radius 1 is 1.36 bits per heavy atom. The Bertz CT molecular complexity index is 416. The molecule has 0 atom stereocenters. The number of fused-ring (bicyclic) bond motifs is 1. The maximum Gasteiger partial charge on any atom is 0.393 e. The highest BCUT2D eigenvalue weighted by molar-refractivity contribution is 7.18. The van der Waals surface area contributed by atoms with E-state index in [1.807, 2.05) is 0 Å². The molecule has 0 aliphatic rings. The summed E-state index contributed by atoms with van der Waals surface area (Å²) in [5, 5.41) is 0. The standard InChI is InChI=1S/C8H5F3N2S/c9-8(10,11)2-5-1-6-7(14-5)3-12-4-13-6/h1,3-4H,2H2. The summed E-state index contributed by atoms with van der Waals surface area (Å²) < 4.78 is 36.8. The molecular weight excluding hydrogens is 213 g/mol. The summed E-state index contributed by atoms with van der Waals surface area (Å²) in [6, 6.07) is 1.45. The van der Waals surface area contributed by atoms with Gasteiger partial charge in [-0.2, -0.15) is 13.2 Å². The number of alkyl halides is 3. The van der Waals surface area contributed by atoms with Crippen LogP contribution in [0.3, 0.4) is 0 Å². The quantitative estimate of drug-likeness (QED) is 0.735. The van der Waals surface area contributed by atoms with Crippen LogP contribution in [0, 0.1) is 0 Å². The molecule has 2 nitrogen and oxygen atoms in total. The number of hydrogen-bond donors (Lipinski definition) is 0. The molecule has 2 rings (SSSR count). The molecule has 0 amide bonds. The van der Waals surface area contributed by atoms with E-state index < -0.39 is 12.6 Å². The van der Waals surface area contributed by atoms with Crippen LogP contribution in [0.25, 0.3) is 10.2 Å². The van der Waals surface area contributed by atoms with Crippen LogP contribution in [0.4, 0.5) is 13.2 Å². The molecule has 0 radical (unpaired) electrons. The third-order valence-electron chi connectivity index (χ3n) is 1.62. The predicted molar refractivity (Wildman–Crippen MR) is 47.2 cm³/mol. The highest BCUT2D eigenvalue weighted by Gasteiger charge is 2.28. The van der Waals surface area contributed by atoms with Crippen LogP contribution in [-0.2, 0) is 6.42 Å². The Morgan fingerprint density at radius 2 is 2.14 bits per heavy atom. The monoisotopic (exact) mass is 218 g/mol.